The number of hydrogen-bond donors (Lipinski definition) is 1. The minimum Gasteiger partial charge on any atom is -0.492 e. The largest absolute Gasteiger partial charge is 0.492 e. The van der Waals surface area contributed by atoms with E-state index in [2.05, 4.69) is 11.3 Å². The van der Waals surface area contributed by atoms with Crippen LogP contribution in [0.4, 0.5) is 0 Å². The molecule has 0 aliphatic rings. The van der Waals surface area contributed by atoms with E-state index >= 15 is 0 Å². The van der Waals surface area contributed by atoms with E-state index in [1.807, 2.05) is 42.5 Å². The number of sulfonamides is 1. The van der Waals surface area contributed by atoms with Crippen LogP contribution in [0.5, 0.6) is 5.75 Å². The maximum atomic E-state index is 12.2. The number of hydrogen-bond acceptors (Lipinski definition) is 3. The molecule has 0 saturated heterocycles. The van der Waals surface area contributed by atoms with Gasteiger partial charge in [0.1, 0.15) is 12.4 Å². The zero-order valence-electron chi connectivity index (χ0n) is 13.7. The third-order valence-electron chi connectivity index (χ3n) is 3.81. The summed E-state index contributed by atoms with van der Waals surface area (Å²) >= 11 is 0. The van der Waals surface area contributed by atoms with Crippen LogP contribution in [0.25, 0.3) is 16.8 Å². The second-order valence-corrected chi connectivity index (χ2v) is 7.30. The second-order valence-electron chi connectivity index (χ2n) is 5.53. The maximum absolute atomic E-state index is 12.2. The molecule has 0 radical (unpaired) electrons. The predicted octanol–water partition coefficient (Wildman–Crippen LogP) is 3.84. The Morgan fingerprint density at radius 3 is 2.40 bits per heavy atom. The van der Waals surface area contributed by atoms with E-state index < -0.39 is 10.0 Å². The van der Waals surface area contributed by atoms with Crippen molar-refractivity contribution in [1.29, 1.82) is 0 Å². The maximum Gasteiger partial charge on any atom is 0.240 e. The molecule has 3 aromatic rings. The Hall–Kier alpha value is -2.63. The molecule has 0 saturated carbocycles. The van der Waals surface area contributed by atoms with Crippen molar-refractivity contribution < 1.29 is 13.2 Å². The minimum atomic E-state index is -3.54. The number of rotatable bonds is 7. The molecule has 0 spiro atoms. The van der Waals surface area contributed by atoms with Crippen molar-refractivity contribution in [2.24, 2.45) is 0 Å². The van der Waals surface area contributed by atoms with Crippen LogP contribution < -0.4 is 9.46 Å². The summed E-state index contributed by atoms with van der Waals surface area (Å²) in [7, 11) is -3.54. The summed E-state index contributed by atoms with van der Waals surface area (Å²) in [5, 5.41) is 2.22. The lowest BCUT2D eigenvalue weighted by Gasteiger charge is -2.09. The number of benzene rings is 3. The van der Waals surface area contributed by atoms with Crippen LogP contribution in [0, 0.1) is 0 Å². The highest BCUT2D eigenvalue weighted by molar-refractivity contribution is 7.89. The normalized spacial score (nSPS) is 11.4. The summed E-state index contributed by atoms with van der Waals surface area (Å²) in [6.45, 7) is 4.09. The first-order valence-electron chi connectivity index (χ1n) is 7.92. The van der Waals surface area contributed by atoms with Crippen LogP contribution in [0.2, 0.25) is 0 Å². The third kappa shape index (κ3) is 4.26. The van der Waals surface area contributed by atoms with Crippen molar-refractivity contribution in [2.75, 3.05) is 13.2 Å². The van der Waals surface area contributed by atoms with Crippen LogP contribution in [-0.4, -0.2) is 21.6 Å². The molecule has 0 aliphatic heterocycles. The van der Waals surface area contributed by atoms with E-state index in [1.165, 1.54) is 0 Å². The summed E-state index contributed by atoms with van der Waals surface area (Å²) < 4.78 is 32.6. The fourth-order valence-electron chi connectivity index (χ4n) is 2.47. The highest BCUT2D eigenvalue weighted by Gasteiger charge is 2.12. The molecule has 1 N–H and O–H groups in total. The lowest BCUT2D eigenvalue weighted by Crippen LogP contribution is -2.28. The summed E-state index contributed by atoms with van der Waals surface area (Å²) in [5.74, 6) is 0.716. The zero-order valence-corrected chi connectivity index (χ0v) is 14.5. The fourth-order valence-corrected chi connectivity index (χ4v) is 3.48. The molecule has 0 fully saturated rings. The summed E-state index contributed by atoms with van der Waals surface area (Å²) in [6, 6.07) is 20.4. The second kappa shape index (κ2) is 7.51. The van der Waals surface area contributed by atoms with Gasteiger partial charge >= 0.3 is 0 Å². The highest BCUT2D eigenvalue weighted by atomic mass is 32.2. The fraction of sp³-hybridized carbons (Fsp3) is 0.100. The van der Waals surface area contributed by atoms with E-state index in [1.54, 1.807) is 30.3 Å². The van der Waals surface area contributed by atoms with E-state index in [-0.39, 0.29) is 18.0 Å². The Morgan fingerprint density at radius 2 is 1.68 bits per heavy atom. The molecule has 3 aromatic carbocycles. The average Bonchev–Trinajstić information content (AvgIpc) is 2.65. The van der Waals surface area contributed by atoms with Crippen molar-refractivity contribution in [3.05, 3.63) is 78.9 Å². The zero-order chi connectivity index (χ0) is 17.7. The minimum absolute atomic E-state index is 0.193. The summed E-state index contributed by atoms with van der Waals surface area (Å²) in [4.78, 5) is 0.226. The van der Waals surface area contributed by atoms with Gasteiger partial charge in [-0.05, 0) is 40.6 Å². The Kier molecular flexibility index (Phi) is 5.16. The first kappa shape index (κ1) is 17.2. The van der Waals surface area contributed by atoms with E-state index in [9.17, 15) is 8.42 Å². The Morgan fingerprint density at radius 1 is 0.960 bits per heavy atom. The van der Waals surface area contributed by atoms with Crippen molar-refractivity contribution in [3.8, 4) is 5.75 Å². The van der Waals surface area contributed by atoms with Crippen LogP contribution >= 0.6 is 0 Å². The van der Waals surface area contributed by atoms with Crippen molar-refractivity contribution >= 4 is 26.9 Å². The molecular formula is C20H19NO3S. The van der Waals surface area contributed by atoms with Gasteiger partial charge in [-0.2, -0.15) is 0 Å². The average molecular weight is 353 g/mol. The van der Waals surface area contributed by atoms with Gasteiger partial charge < -0.3 is 4.74 Å². The predicted molar refractivity (Wildman–Crippen MR) is 101 cm³/mol. The summed E-state index contributed by atoms with van der Waals surface area (Å²) in [5.41, 5.74) is 0.874. The quantitative estimate of drug-likeness (QED) is 0.657. The van der Waals surface area contributed by atoms with Gasteiger partial charge in [0.15, 0.2) is 0 Å². The van der Waals surface area contributed by atoms with Crippen molar-refractivity contribution in [1.82, 2.24) is 4.72 Å². The van der Waals surface area contributed by atoms with Crippen LogP contribution in [0.1, 0.15) is 5.56 Å². The van der Waals surface area contributed by atoms with Gasteiger partial charge in [0.05, 0.1) is 4.90 Å². The number of nitrogens with one attached hydrogen (secondary N) is 1. The van der Waals surface area contributed by atoms with E-state index in [0.717, 1.165) is 16.3 Å². The topological polar surface area (TPSA) is 55.4 Å². The van der Waals surface area contributed by atoms with Crippen molar-refractivity contribution in [3.63, 3.8) is 0 Å². The van der Waals surface area contributed by atoms with Gasteiger partial charge in [-0.1, -0.05) is 55.1 Å². The number of fused-ring (bicyclic) bond motifs is 1. The van der Waals surface area contributed by atoms with Gasteiger partial charge in [0.2, 0.25) is 10.0 Å². The molecule has 0 aromatic heterocycles. The monoisotopic (exact) mass is 353 g/mol. The van der Waals surface area contributed by atoms with E-state index in [0.29, 0.717) is 5.75 Å². The molecule has 5 heteroatoms. The highest BCUT2D eigenvalue weighted by Crippen LogP contribution is 2.20. The molecule has 4 nitrogen and oxygen atoms in total. The molecular weight excluding hydrogens is 334 g/mol. The van der Waals surface area contributed by atoms with Gasteiger partial charge in [0, 0.05) is 6.54 Å². The standard InChI is InChI=1S/C20H19NO3S/c1-2-16-7-11-20(12-8-16)25(22,23)21-13-14-24-19-10-9-17-5-3-4-6-18(17)15-19/h2-12,15,21H,1,13-14H2. The van der Waals surface area contributed by atoms with Gasteiger partial charge in [-0.3, -0.25) is 0 Å². The van der Waals surface area contributed by atoms with Gasteiger partial charge in [0.25, 0.3) is 0 Å². The molecule has 0 heterocycles. The first-order valence-corrected chi connectivity index (χ1v) is 9.40. The molecule has 0 bridgehead atoms. The van der Waals surface area contributed by atoms with Crippen molar-refractivity contribution in [2.45, 2.75) is 4.90 Å². The molecule has 0 atom stereocenters. The smallest absolute Gasteiger partial charge is 0.240 e. The summed E-state index contributed by atoms with van der Waals surface area (Å²) in [6.07, 6.45) is 1.67. The lowest BCUT2D eigenvalue weighted by molar-refractivity contribution is 0.323. The molecule has 0 aliphatic carbocycles. The molecule has 0 unspecified atom stereocenters. The molecule has 0 amide bonds. The van der Waals surface area contributed by atoms with Crippen LogP contribution in [0.15, 0.2) is 78.2 Å². The Bertz CT molecular complexity index is 979. The van der Waals surface area contributed by atoms with E-state index in [4.69, 9.17) is 4.74 Å². The Labute approximate surface area is 147 Å². The first-order chi connectivity index (χ1) is 12.1. The lowest BCUT2D eigenvalue weighted by atomic mass is 10.1. The molecule has 25 heavy (non-hydrogen) atoms. The molecule has 3 rings (SSSR count). The SMILES string of the molecule is C=Cc1ccc(S(=O)(=O)NCCOc2ccc3ccccc3c2)cc1. The van der Waals surface area contributed by atoms with Crippen LogP contribution in [-0.2, 0) is 10.0 Å². The molecule has 128 valence electrons. The van der Waals surface area contributed by atoms with Gasteiger partial charge in [-0.15, -0.1) is 0 Å². The van der Waals surface area contributed by atoms with Crippen LogP contribution in [0.3, 0.4) is 0 Å². The third-order valence-corrected chi connectivity index (χ3v) is 5.29. The Balaban J connectivity index is 1.56. The number of ether oxygens (including phenoxy) is 1. The van der Waals surface area contributed by atoms with Gasteiger partial charge in [-0.25, -0.2) is 13.1 Å².